The summed E-state index contributed by atoms with van der Waals surface area (Å²) < 4.78 is 18.9. The van der Waals surface area contributed by atoms with Gasteiger partial charge in [-0.2, -0.15) is 4.98 Å². The lowest BCUT2D eigenvalue weighted by Crippen LogP contribution is -2.63. The lowest BCUT2D eigenvalue weighted by atomic mass is 9.95. The zero-order valence-corrected chi connectivity index (χ0v) is 25.7. The fourth-order valence-corrected chi connectivity index (χ4v) is 5.36. The lowest BCUT2D eigenvalue weighted by molar-refractivity contribution is -0.322. The normalized spacial score (nSPS) is 31.7. The van der Waals surface area contributed by atoms with Crippen LogP contribution in [-0.4, -0.2) is 122 Å². The maximum Gasteiger partial charge on any atom is 0.351 e. The molecule has 2 saturated heterocycles. The van der Waals surface area contributed by atoms with Gasteiger partial charge in [0, 0.05) is 23.9 Å². The average Bonchev–Trinajstić information content (AvgIpc) is 2.97. The standard InChI is InChI=1S/C29H42N6O10/c1-14-21(34(4)5)22(38)23(39)26(44-14)45-24-15(2)43-20(12-18(24)37)35-11-10-19(33-28(35)42)32-25(40)16-6-8-17(9-7-16)31-27(41)29(3,30)13-36/h6-11,14-15,18,20-24,26,36-39H,12-13,30H2,1-5H3,(H,31,41)(H,32,33,40,42)/t14-,15-,18+,20-,21-,22+,23-,24?,26-,29+/m1/s1. The van der Waals surface area contributed by atoms with Crippen molar-refractivity contribution in [2.24, 2.45) is 5.73 Å². The van der Waals surface area contributed by atoms with Gasteiger partial charge in [-0.25, -0.2) is 4.79 Å². The van der Waals surface area contributed by atoms with E-state index in [9.17, 15) is 34.8 Å². The molecule has 1 aromatic heterocycles. The van der Waals surface area contributed by atoms with Crippen LogP contribution in [0, 0.1) is 0 Å². The van der Waals surface area contributed by atoms with Crippen LogP contribution >= 0.6 is 0 Å². The number of benzene rings is 1. The number of amides is 2. The number of hydrogen-bond donors (Lipinski definition) is 7. The summed E-state index contributed by atoms with van der Waals surface area (Å²) in [6.07, 6.45) is -6.52. The molecule has 0 spiro atoms. The molecule has 16 heteroatoms. The number of ether oxygens (including phenoxy) is 3. The highest BCUT2D eigenvalue weighted by atomic mass is 16.7. The second-order valence-electron chi connectivity index (χ2n) is 11.9. The van der Waals surface area contributed by atoms with Gasteiger partial charge in [-0.05, 0) is 65.2 Å². The van der Waals surface area contributed by atoms with Crippen LogP contribution in [0.25, 0.3) is 0 Å². The Kier molecular flexibility index (Phi) is 10.7. The van der Waals surface area contributed by atoms with E-state index in [-0.39, 0.29) is 17.8 Å². The van der Waals surface area contributed by atoms with E-state index in [0.29, 0.717) is 5.69 Å². The molecular formula is C29H42N6O10. The van der Waals surface area contributed by atoms with Gasteiger partial charge in [-0.3, -0.25) is 14.2 Å². The Balaban J connectivity index is 1.36. The van der Waals surface area contributed by atoms with Gasteiger partial charge >= 0.3 is 5.69 Å². The molecule has 0 aliphatic carbocycles. The van der Waals surface area contributed by atoms with Crippen molar-refractivity contribution >= 4 is 23.3 Å². The number of nitrogens with two attached hydrogens (primary N) is 1. The summed E-state index contributed by atoms with van der Waals surface area (Å²) >= 11 is 0. The molecule has 0 bridgehead atoms. The summed E-state index contributed by atoms with van der Waals surface area (Å²) in [4.78, 5) is 43.4. The number of carbonyl (C=O) groups is 2. The Labute approximate surface area is 259 Å². The highest BCUT2D eigenvalue weighted by molar-refractivity contribution is 6.04. The van der Waals surface area contributed by atoms with Crippen LogP contribution in [0.3, 0.4) is 0 Å². The molecule has 45 heavy (non-hydrogen) atoms. The van der Waals surface area contributed by atoms with Crippen LogP contribution in [0.4, 0.5) is 11.5 Å². The smallest absolute Gasteiger partial charge is 0.351 e. The van der Waals surface area contributed by atoms with Crippen molar-refractivity contribution in [3.8, 4) is 0 Å². The summed E-state index contributed by atoms with van der Waals surface area (Å²) in [5.41, 5.74) is 4.10. The van der Waals surface area contributed by atoms with Gasteiger partial charge in [-0.1, -0.05) is 0 Å². The fraction of sp³-hybridized carbons (Fsp3) is 0.586. The number of rotatable bonds is 9. The second kappa shape index (κ2) is 14.0. The Bertz CT molecular complexity index is 1390. The largest absolute Gasteiger partial charge is 0.394 e. The van der Waals surface area contributed by atoms with Crippen LogP contribution in [0.15, 0.2) is 41.3 Å². The molecule has 2 fully saturated rings. The molecule has 2 aliphatic heterocycles. The van der Waals surface area contributed by atoms with E-state index in [0.717, 1.165) is 0 Å². The Morgan fingerprint density at radius 2 is 1.76 bits per heavy atom. The zero-order valence-electron chi connectivity index (χ0n) is 25.7. The maximum atomic E-state index is 12.9. The number of anilines is 2. The zero-order chi connectivity index (χ0) is 33.2. The predicted octanol–water partition coefficient (Wildman–Crippen LogP) is -1.41. The molecule has 10 atom stereocenters. The molecule has 1 aromatic carbocycles. The van der Waals surface area contributed by atoms with Crippen molar-refractivity contribution < 1.29 is 44.2 Å². The minimum absolute atomic E-state index is 0.0155. The molecule has 2 aliphatic rings. The first-order valence-corrected chi connectivity index (χ1v) is 14.5. The van der Waals surface area contributed by atoms with Crippen molar-refractivity contribution in [2.45, 2.75) is 87.9 Å². The topological polar surface area (TPSA) is 231 Å². The van der Waals surface area contributed by atoms with E-state index >= 15 is 0 Å². The first-order chi connectivity index (χ1) is 21.1. The van der Waals surface area contributed by atoms with Crippen molar-refractivity contribution in [3.05, 3.63) is 52.6 Å². The highest BCUT2D eigenvalue weighted by Crippen LogP contribution is 2.32. The number of nitrogens with one attached hydrogen (secondary N) is 2. The third-order valence-electron chi connectivity index (χ3n) is 7.99. The number of aromatic nitrogens is 2. The van der Waals surface area contributed by atoms with Crippen LogP contribution in [0.1, 0.15) is 43.8 Å². The first-order valence-electron chi connectivity index (χ1n) is 14.5. The molecule has 16 nitrogen and oxygen atoms in total. The Morgan fingerprint density at radius 3 is 2.33 bits per heavy atom. The SMILES string of the molecule is C[C@H]1O[C@@H](n2ccc(NC(=O)c3ccc(NC(=O)[C@@](C)(N)CO)cc3)nc2=O)C[C@H](O)C1O[C@H]1O[C@H](C)[C@@H](N(C)C)[C@H](O)[C@H]1O. The number of nitrogens with zero attached hydrogens (tertiary/aromatic N) is 3. The minimum atomic E-state index is -1.47. The monoisotopic (exact) mass is 634 g/mol. The highest BCUT2D eigenvalue weighted by Gasteiger charge is 2.47. The molecule has 0 saturated carbocycles. The van der Waals surface area contributed by atoms with E-state index in [1.54, 1.807) is 32.8 Å². The van der Waals surface area contributed by atoms with E-state index < -0.39 is 84.8 Å². The van der Waals surface area contributed by atoms with Crippen molar-refractivity contribution in [3.63, 3.8) is 0 Å². The number of aliphatic hydroxyl groups is 4. The molecule has 2 aromatic rings. The first kappa shape index (κ1) is 34.6. The molecule has 4 rings (SSSR count). The molecule has 8 N–H and O–H groups in total. The van der Waals surface area contributed by atoms with Gasteiger partial charge in [0.15, 0.2) is 6.29 Å². The maximum absolute atomic E-state index is 12.9. The molecular weight excluding hydrogens is 592 g/mol. The van der Waals surface area contributed by atoms with Crippen LogP contribution in [0.5, 0.6) is 0 Å². The van der Waals surface area contributed by atoms with Crippen LogP contribution in [0.2, 0.25) is 0 Å². The molecule has 3 heterocycles. The van der Waals surface area contributed by atoms with Crippen LogP contribution in [-0.2, 0) is 19.0 Å². The van der Waals surface area contributed by atoms with E-state index in [4.69, 9.17) is 19.9 Å². The average molecular weight is 635 g/mol. The van der Waals surface area contributed by atoms with E-state index in [2.05, 4.69) is 15.6 Å². The molecule has 2 amide bonds. The third-order valence-corrected chi connectivity index (χ3v) is 7.99. The predicted molar refractivity (Wildman–Crippen MR) is 160 cm³/mol. The van der Waals surface area contributed by atoms with Gasteiger partial charge in [-0.15, -0.1) is 0 Å². The minimum Gasteiger partial charge on any atom is -0.394 e. The summed E-state index contributed by atoms with van der Waals surface area (Å²) in [7, 11) is 3.53. The van der Waals surface area contributed by atoms with E-state index in [1.807, 2.05) is 0 Å². The quantitative estimate of drug-likeness (QED) is 0.168. The summed E-state index contributed by atoms with van der Waals surface area (Å²) in [6, 6.07) is 6.83. The molecule has 0 radical (unpaired) electrons. The van der Waals surface area contributed by atoms with Crippen LogP contribution < -0.4 is 22.1 Å². The molecule has 248 valence electrons. The van der Waals surface area contributed by atoms with Crippen molar-refractivity contribution in [1.82, 2.24) is 14.5 Å². The Morgan fingerprint density at radius 1 is 1.09 bits per heavy atom. The number of aliphatic hydroxyl groups excluding tert-OH is 4. The Hall–Kier alpha value is -3.32. The van der Waals surface area contributed by atoms with Gasteiger partial charge < -0.3 is 55.9 Å². The summed E-state index contributed by atoms with van der Waals surface area (Å²) in [5.74, 6) is -1.17. The lowest BCUT2D eigenvalue weighted by Gasteiger charge is -2.46. The summed E-state index contributed by atoms with van der Waals surface area (Å²) in [6.45, 7) is 4.23. The molecule has 1 unspecified atom stereocenters. The number of likely N-dealkylation sites (N-methyl/N-ethyl adjacent to an activating group) is 1. The second-order valence-corrected chi connectivity index (χ2v) is 11.9. The van der Waals surface area contributed by atoms with Gasteiger partial charge in [0.1, 0.15) is 35.9 Å². The number of hydrogen-bond acceptors (Lipinski definition) is 13. The van der Waals surface area contributed by atoms with Gasteiger partial charge in [0.25, 0.3) is 5.91 Å². The van der Waals surface area contributed by atoms with E-state index in [1.165, 1.54) is 48.0 Å². The fourth-order valence-electron chi connectivity index (χ4n) is 5.36. The van der Waals surface area contributed by atoms with Crippen molar-refractivity contribution in [2.75, 3.05) is 31.3 Å². The summed E-state index contributed by atoms with van der Waals surface area (Å²) in [5, 5.41) is 46.5. The van der Waals surface area contributed by atoms with Crippen molar-refractivity contribution in [1.29, 1.82) is 0 Å². The van der Waals surface area contributed by atoms with Gasteiger partial charge in [0.05, 0.1) is 31.0 Å². The third kappa shape index (κ3) is 7.74. The van der Waals surface area contributed by atoms with Gasteiger partial charge in [0.2, 0.25) is 5.91 Å². The number of carbonyl (C=O) groups excluding carboxylic acids is 2.